The van der Waals surface area contributed by atoms with E-state index in [4.69, 9.17) is 5.21 Å². The minimum Gasteiger partial charge on any atom is -0.411 e. The number of hydrogen-bond acceptors (Lipinski definition) is 4. The van der Waals surface area contributed by atoms with E-state index in [-0.39, 0.29) is 11.5 Å². The maximum Gasteiger partial charge on any atom is 0.155 e. The van der Waals surface area contributed by atoms with Gasteiger partial charge in [-0.2, -0.15) is 0 Å². The number of rotatable bonds is 3. The quantitative estimate of drug-likeness (QED) is 0.431. The molecule has 0 heterocycles. The Hall–Kier alpha value is -0.580. The molecule has 0 aromatic rings. The second kappa shape index (κ2) is 4.09. The largest absolute Gasteiger partial charge is 0.411 e. The minimum atomic E-state index is -3.10. The molecule has 0 saturated carbocycles. The Kier molecular flexibility index (Phi) is 3.90. The SMILES string of the molecule is CCS(=O)(=O)CC(=NO)C(C)(C)C. The number of sulfone groups is 1. The van der Waals surface area contributed by atoms with Crippen molar-refractivity contribution in [2.75, 3.05) is 11.5 Å². The Morgan fingerprint density at radius 1 is 1.38 bits per heavy atom. The summed E-state index contributed by atoms with van der Waals surface area (Å²) in [5.74, 6) is -0.0917. The van der Waals surface area contributed by atoms with Crippen LogP contribution in [0.4, 0.5) is 0 Å². The Morgan fingerprint density at radius 3 is 2.08 bits per heavy atom. The van der Waals surface area contributed by atoms with Crippen molar-refractivity contribution in [2.24, 2.45) is 10.6 Å². The molecule has 0 radical (unpaired) electrons. The van der Waals surface area contributed by atoms with E-state index < -0.39 is 15.3 Å². The maximum atomic E-state index is 11.2. The number of nitrogens with zero attached hydrogens (tertiary/aromatic N) is 1. The molecule has 5 heteroatoms. The van der Waals surface area contributed by atoms with Crippen LogP contribution in [0.2, 0.25) is 0 Å². The first-order valence-electron chi connectivity index (χ1n) is 4.14. The van der Waals surface area contributed by atoms with E-state index in [0.29, 0.717) is 5.71 Å². The lowest BCUT2D eigenvalue weighted by atomic mass is 9.91. The zero-order valence-electron chi connectivity index (χ0n) is 8.53. The highest BCUT2D eigenvalue weighted by Crippen LogP contribution is 2.17. The van der Waals surface area contributed by atoms with Gasteiger partial charge in [-0.25, -0.2) is 8.42 Å². The molecule has 0 rings (SSSR count). The highest BCUT2D eigenvalue weighted by Gasteiger charge is 2.24. The van der Waals surface area contributed by atoms with Gasteiger partial charge in [0.2, 0.25) is 0 Å². The van der Waals surface area contributed by atoms with Gasteiger partial charge in [0.15, 0.2) is 9.84 Å². The van der Waals surface area contributed by atoms with Crippen molar-refractivity contribution in [2.45, 2.75) is 27.7 Å². The third-order valence-corrected chi connectivity index (χ3v) is 3.38. The zero-order valence-corrected chi connectivity index (χ0v) is 9.35. The van der Waals surface area contributed by atoms with Crippen LogP contribution < -0.4 is 0 Å². The average molecular weight is 207 g/mol. The molecule has 0 aromatic carbocycles. The van der Waals surface area contributed by atoms with Crippen molar-refractivity contribution in [3.05, 3.63) is 0 Å². The fourth-order valence-corrected chi connectivity index (χ4v) is 1.82. The smallest absolute Gasteiger partial charge is 0.155 e. The summed E-state index contributed by atoms with van der Waals surface area (Å²) in [6, 6.07) is 0. The van der Waals surface area contributed by atoms with Gasteiger partial charge < -0.3 is 5.21 Å². The van der Waals surface area contributed by atoms with Gasteiger partial charge >= 0.3 is 0 Å². The van der Waals surface area contributed by atoms with Crippen LogP contribution in [0.1, 0.15) is 27.7 Å². The third kappa shape index (κ3) is 4.26. The molecule has 13 heavy (non-hydrogen) atoms. The van der Waals surface area contributed by atoms with Crippen LogP contribution in [0, 0.1) is 5.41 Å². The summed E-state index contributed by atoms with van der Waals surface area (Å²) in [7, 11) is -3.10. The zero-order chi connectivity index (χ0) is 10.7. The first kappa shape index (κ1) is 12.4. The Bertz CT molecular complexity index is 285. The summed E-state index contributed by atoms with van der Waals surface area (Å²) in [6.45, 7) is 7.01. The normalized spacial score (nSPS) is 14.6. The fraction of sp³-hybridized carbons (Fsp3) is 0.875. The van der Waals surface area contributed by atoms with E-state index in [2.05, 4.69) is 5.16 Å². The fourth-order valence-electron chi connectivity index (χ4n) is 0.706. The lowest BCUT2D eigenvalue weighted by molar-refractivity contribution is 0.310. The minimum absolute atomic E-state index is 0.0715. The lowest BCUT2D eigenvalue weighted by Gasteiger charge is -2.19. The van der Waals surface area contributed by atoms with E-state index in [1.807, 2.05) is 20.8 Å². The average Bonchev–Trinajstić information content (AvgIpc) is 1.98. The van der Waals surface area contributed by atoms with E-state index in [0.717, 1.165) is 0 Å². The molecule has 0 saturated heterocycles. The summed E-state index contributed by atoms with van der Waals surface area (Å²) in [5.41, 5.74) is -0.105. The van der Waals surface area contributed by atoms with Crippen LogP contribution in [0.5, 0.6) is 0 Å². The highest BCUT2D eigenvalue weighted by atomic mass is 32.2. The summed E-state index contributed by atoms with van der Waals surface area (Å²) >= 11 is 0. The molecule has 0 aromatic heterocycles. The molecule has 0 amide bonds. The molecule has 0 spiro atoms. The molecule has 0 aliphatic carbocycles. The highest BCUT2D eigenvalue weighted by molar-refractivity contribution is 7.92. The van der Waals surface area contributed by atoms with Crippen LogP contribution in [-0.2, 0) is 9.84 Å². The molecular formula is C8H17NO3S. The second-order valence-electron chi connectivity index (χ2n) is 3.97. The molecule has 0 atom stereocenters. The van der Waals surface area contributed by atoms with Crippen molar-refractivity contribution >= 4 is 15.5 Å². The molecule has 0 bridgehead atoms. The standard InChI is InChI=1S/C8H17NO3S/c1-5-13(11,12)6-7(9-10)8(2,3)4/h10H,5-6H2,1-4H3. The third-order valence-electron chi connectivity index (χ3n) is 1.78. The molecule has 0 fully saturated rings. The van der Waals surface area contributed by atoms with Gasteiger partial charge in [0.05, 0.1) is 11.5 Å². The number of hydrogen-bond donors (Lipinski definition) is 1. The summed E-state index contributed by atoms with van der Waals surface area (Å²) in [6.07, 6.45) is 0. The van der Waals surface area contributed by atoms with Crippen molar-refractivity contribution in [3.63, 3.8) is 0 Å². The molecular weight excluding hydrogens is 190 g/mol. The Labute approximate surface area is 79.6 Å². The maximum absolute atomic E-state index is 11.2. The van der Waals surface area contributed by atoms with Crippen molar-refractivity contribution in [1.82, 2.24) is 0 Å². The van der Waals surface area contributed by atoms with Gasteiger partial charge in [0.1, 0.15) is 0 Å². The van der Waals surface area contributed by atoms with Gasteiger partial charge in [0.25, 0.3) is 0 Å². The molecule has 0 aliphatic heterocycles. The van der Waals surface area contributed by atoms with E-state index in [9.17, 15) is 8.42 Å². The van der Waals surface area contributed by atoms with E-state index in [1.54, 1.807) is 6.92 Å². The lowest BCUT2D eigenvalue weighted by Crippen LogP contribution is -2.29. The van der Waals surface area contributed by atoms with Gasteiger partial charge in [-0.05, 0) is 0 Å². The van der Waals surface area contributed by atoms with E-state index >= 15 is 0 Å². The van der Waals surface area contributed by atoms with Crippen LogP contribution >= 0.6 is 0 Å². The molecule has 0 unspecified atom stereocenters. The summed E-state index contributed by atoms with van der Waals surface area (Å²) in [4.78, 5) is 0. The number of oxime groups is 1. The Balaban J connectivity index is 4.71. The predicted octanol–water partition coefficient (Wildman–Crippen LogP) is 1.30. The Morgan fingerprint density at radius 2 is 1.85 bits per heavy atom. The summed E-state index contributed by atoms with van der Waals surface area (Å²) < 4.78 is 22.4. The molecule has 0 aliphatic rings. The predicted molar refractivity (Wildman–Crippen MR) is 53.0 cm³/mol. The van der Waals surface area contributed by atoms with Gasteiger partial charge in [-0.1, -0.05) is 32.9 Å². The topological polar surface area (TPSA) is 66.7 Å². The van der Waals surface area contributed by atoms with Gasteiger partial charge in [-0.15, -0.1) is 0 Å². The first-order valence-corrected chi connectivity index (χ1v) is 5.97. The van der Waals surface area contributed by atoms with Crippen molar-refractivity contribution < 1.29 is 13.6 Å². The van der Waals surface area contributed by atoms with Crippen LogP contribution in [-0.4, -0.2) is 30.8 Å². The van der Waals surface area contributed by atoms with Crippen molar-refractivity contribution in [3.8, 4) is 0 Å². The van der Waals surface area contributed by atoms with Crippen LogP contribution in [0.3, 0.4) is 0 Å². The van der Waals surface area contributed by atoms with E-state index in [1.165, 1.54) is 0 Å². The molecule has 1 N–H and O–H groups in total. The van der Waals surface area contributed by atoms with Gasteiger partial charge in [0, 0.05) is 11.2 Å². The van der Waals surface area contributed by atoms with Crippen LogP contribution in [0.15, 0.2) is 5.16 Å². The van der Waals surface area contributed by atoms with Gasteiger partial charge in [-0.3, -0.25) is 0 Å². The summed E-state index contributed by atoms with van der Waals surface area (Å²) in [5, 5.41) is 11.7. The second-order valence-corrected chi connectivity index (χ2v) is 6.33. The van der Waals surface area contributed by atoms with Crippen molar-refractivity contribution in [1.29, 1.82) is 0 Å². The van der Waals surface area contributed by atoms with Crippen LogP contribution in [0.25, 0.3) is 0 Å². The monoisotopic (exact) mass is 207 g/mol. The molecule has 4 nitrogen and oxygen atoms in total. The first-order chi connectivity index (χ1) is 5.73. The molecule has 78 valence electrons.